The molecular formula is C18H26N2O6. The summed E-state index contributed by atoms with van der Waals surface area (Å²) in [6.07, 6.45) is -0.248. The molecular weight excluding hydrogens is 340 g/mol. The van der Waals surface area contributed by atoms with Gasteiger partial charge in [-0.3, -0.25) is 9.59 Å². The van der Waals surface area contributed by atoms with E-state index in [4.69, 9.17) is 14.2 Å². The van der Waals surface area contributed by atoms with E-state index in [-0.39, 0.29) is 25.0 Å². The first-order valence-electron chi connectivity index (χ1n) is 8.56. The predicted octanol–water partition coefficient (Wildman–Crippen LogP) is 0.491. The van der Waals surface area contributed by atoms with Gasteiger partial charge in [-0.25, -0.2) is 0 Å². The van der Waals surface area contributed by atoms with E-state index >= 15 is 0 Å². The molecule has 0 bridgehead atoms. The lowest BCUT2D eigenvalue weighted by molar-refractivity contribution is -0.149. The first-order valence-corrected chi connectivity index (χ1v) is 8.56. The van der Waals surface area contributed by atoms with E-state index in [9.17, 15) is 14.7 Å². The molecule has 26 heavy (non-hydrogen) atoms. The Hall–Kier alpha value is -2.32. The van der Waals surface area contributed by atoms with Gasteiger partial charge in [0.05, 0.1) is 40.0 Å². The molecule has 1 aliphatic rings. The van der Waals surface area contributed by atoms with Gasteiger partial charge in [-0.15, -0.1) is 0 Å². The molecule has 2 atom stereocenters. The number of carbonyl (C=O) groups excluding carboxylic acids is 2. The van der Waals surface area contributed by atoms with Gasteiger partial charge in [0, 0.05) is 13.0 Å². The van der Waals surface area contributed by atoms with E-state index in [0.717, 1.165) is 5.56 Å². The molecule has 1 aliphatic heterocycles. The molecule has 2 amide bonds. The second-order valence-electron chi connectivity index (χ2n) is 5.87. The van der Waals surface area contributed by atoms with Crippen molar-refractivity contribution in [3.05, 3.63) is 23.8 Å². The van der Waals surface area contributed by atoms with Crippen LogP contribution >= 0.6 is 0 Å². The molecule has 1 heterocycles. The van der Waals surface area contributed by atoms with Gasteiger partial charge in [-0.1, -0.05) is 13.0 Å². The quantitative estimate of drug-likeness (QED) is 0.729. The van der Waals surface area contributed by atoms with Gasteiger partial charge in [0.15, 0.2) is 11.5 Å². The third-order valence-electron chi connectivity index (χ3n) is 4.36. The molecule has 1 saturated heterocycles. The minimum absolute atomic E-state index is 0.0887. The van der Waals surface area contributed by atoms with Gasteiger partial charge in [-0.05, 0) is 17.7 Å². The molecule has 144 valence electrons. The van der Waals surface area contributed by atoms with Crippen LogP contribution in [-0.2, 0) is 14.3 Å². The van der Waals surface area contributed by atoms with Crippen LogP contribution in [0.25, 0.3) is 0 Å². The topological polar surface area (TPSA) is 97.3 Å². The fourth-order valence-electron chi connectivity index (χ4n) is 3.00. The van der Waals surface area contributed by atoms with Crippen LogP contribution in [-0.4, -0.2) is 68.4 Å². The predicted molar refractivity (Wildman–Crippen MR) is 94.1 cm³/mol. The Morgan fingerprint density at radius 1 is 1.31 bits per heavy atom. The zero-order chi connectivity index (χ0) is 19.1. The summed E-state index contributed by atoms with van der Waals surface area (Å²) in [5.41, 5.74) is 0.761. The Kier molecular flexibility index (Phi) is 7.23. The Bertz CT molecular complexity index is 636. The Balaban J connectivity index is 2.29. The number of hydrogen-bond donors (Lipinski definition) is 2. The van der Waals surface area contributed by atoms with Crippen LogP contribution in [0.15, 0.2) is 18.2 Å². The maximum Gasteiger partial charge on any atom is 0.242 e. The van der Waals surface area contributed by atoms with Crippen molar-refractivity contribution in [1.29, 1.82) is 0 Å². The zero-order valence-corrected chi connectivity index (χ0v) is 15.4. The van der Waals surface area contributed by atoms with E-state index < -0.39 is 12.1 Å². The molecule has 2 N–H and O–H groups in total. The largest absolute Gasteiger partial charge is 0.493 e. The molecule has 1 aromatic rings. The molecule has 1 fully saturated rings. The highest BCUT2D eigenvalue weighted by Gasteiger charge is 2.36. The molecule has 2 unspecified atom stereocenters. The maximum absolute atomic E-state index is 12.7. The molecule has 2 rings (SSSR count). The third-order valence-corrected chi connectivity index (χ3v) is 4.36. The fourth-order valence-corrected chi connectivity index (χ4v) is 3.00. The lowest BCUT2D eigenvalue weighted by Crippen LogP contribution is -2.52. The van der Waals surface area contributed by atoms with Crippen LogP contribution in [0.3, 0.4) is 0 Å². The van der Waals surface area contributed by atoms with Crippen molar-refractivity contribution < 1.29 is 28.9 Å². The van der Waals surface area contributed by atoms with E-state index in [1.54, 1.807) is 31.1 Å². The number of hydrogen-bond acceptors (Lipinski definition) is 6. The van der Waals surface area contributed by atoms with Crippen molar-refractivity contribution in [2.45, 2.75) is 25.5 Å². The zero-order valence-electron chi connectivity index (χ0n) is 15.4. The number of methoxy groups -OCH3 is 2. The summed E-state index contributed by atoms with van der Waals surface area (Å²) in [5, 5.41) is 12.3. The van der Waals surface area contributed by atoms with Crippen LogP contribution in [0.4, 0.5) is 0 Å². The fraction of sp³-hybridized carbons (Fsp3) is 0.556. The Labute approximate surface area is 153 Å². The lowest BCUT2D eigenvalue weighted by Gasteiger charge is -2.41. The monoisotopic (exact) mass is 366 g/mol. The average Bonchev–Trinajstić information content (AvgIpc) is 2.70. The summed E-state index contributed by atoms with van der Waals surface area (Å²) in [7, 11) is 3.08. The molecule has 8 heteroatoms. The van der Waals surface area contributed by atoms with E-state index in [2.05, 4.69) is 5.32 Å². The summed E-state index contributed by atoms with van der Waals surface area (Å²) < 4.78 is 16.2. The second-order valence-corrected chi connectivity index (χ2v) is 5.87. The van der Waals surface area contributed by atoms with Crippen molar-refractivity contribution in [3.63, 3.8) is 0 Å². The lowest BCUT2D eigenvalue weighted by atomic mass is 9.97. The smallest absolute Gasteiger partial charge is 0.242 e. The average molecular weight is 366 g/mol. The molecule has 1 aromatic carbocycles. The third kappa shape index (κ3) is 4.44. The molecule has 8 nitrogen and oxygen atoms in total. The highest BCUT2D eigenvalue weighted by molar-refractivity contribution is 5.85. The van der Waals surface area contributed by atoms with Crippen LogP contribution in [0.5, 0.6) is 11.5 Å². The standard InChI is InChI=1S/C18H26N2O6/c1-4-16(22)19-10-17(23)20-7-8-26-15(11-21)18(20)12-5-6-13(24-2)14(9-12)25-3/h5-6,9,15,18,21H,4,7-8,10-11H2,1-3H3,(H,19,22). The number of aliphatic hydroxyl groups excluding tert-OH is 1. The van der Waals surface area contributed by atoms with Crippen LogP contribution in [0.1, 0.15) is 24.9 Å². The van der Waals surface area contributed by atoms with Crippen molar-refractivity contribution in [2.24, 2.45) is 0 Å². The number of amides is 2. The van der Waals surface area contributed by atoms with Crippen molar-refractivity contribution >= 4 is 11.8 Å². The van der Waals surface area contributed by atoms with E-state index in [1.807, 2.05) is 6.07 Å². The Morgan fingerprint density at radius 2 is 2.04 bits per heavy atom. The number of morpholine rings is 1. The number of carbonyl (C=O) groups is 2. The summed E-state index contributed by atoms with van der Waals surface area (Å²) >= 11 is 0. The molecule has 0 saturated carbocycles. The summed E-state index contributed by atoms with van der Waals surface area (Å²) in [6, 6.07) is 4.85. The maximum atomic E-state index is 12.7. The van der Waals surface area contributed by atoms with Gasteiger partial charge in [0.25, 0.3) is 0 Å². The molecule has 0 aromatic heterocycles. The van der Waals surface area contributed by atoms with Gasteiger partial charge in [0.1, 0.15) is 6.10 Å². The molecule has 0 radical (unpaired) electrons. The number of nitrogens with zero attached hydrogens (tertiary/aromatic N) is 1. The number of aliphatic hydroxyl groups is 1. The van der Waals surface area contributed by atoms with Crippen molar-refractivity contribution in [2.75, 3.05) is 40.5 Å². The first-order chi connectivity index (χ1) is 12.5. The van der Waals surface area contributed by atoms with Gasteiger partial charge in [0.2, 0.25) is 11.8 Å². The minimum Gasteiger partial charge on any atom is -0.493 e. The van der Waals surface area contributed by atoms with Gasteiger partial charge >= 0.3 is 0 Å². The number of ether oxygens (including phenoxy) is 3. The number of nitrogens with one attached hydrogen (secondary N) is 1. The molecule has 0 spiro atoms. The SMILES string of the molecule is CCC(=O)NCC(=O)N1CCOC(CO)C1c1ccc(OC)c(OC)c1. The van der Waals surface area contributed by atoms with Gasteiger partial charge < -0.3 is 29.5 Å². The normalized spacial score (nSPS) is 19.8. The van der Waals surface area contributed by atoms with E-state index in [1.165, 1.54) is 7.11 Å². The summed E-state index contributed by atoms with van der Waals surface area (Å²) in [4.78, 5) is 25.7. The van der Waals surface area contributed by atoms with Crippen LogP contribution < -0.4 is 14.8 Å². The van der Waals surface area contributed by atoms with Crippen molar-refractivity contribution in [1.82, 2.24) is 10.2 Å². The molecule has 0 aliphatic carbocycles. The van der Waals surface area contributed by atoms with Crippen LogP contribution in [0.2, 0.25) is 0 Å². The van der Waals surface area contributed by atoms with Gasteiger partial charge in [-0.2, -0.15) is 0 Å². The van der Waals surface area contributed by atoms with E-state index in [0.29, 0.717) is 31.1 Å². The van der Waals surface area contributed by atoms with Crippen LogP contribution in [0, 0.1) is 0 Å². The highest BCUT2D eigenvalue weighted by atomic mass is 16.5. The van der Waals surface area contributed by atoms with Crippen molar-refractivity contribution in [3.8, 4) is 11.5 Å². The first kappa shape index (κ1) is 20.0. The Morgan fingerprint density at radius 3 is 2.65 bits per heavy atom. The number of benzene rings is 1. The summed E-state index contributed by atoms with van der Waals surface area (Å²) in [6.45, 7) is 2.10. The second kappa shape index (κ2) is 9.40. The minimum atomic E-state index is -0.562. The highest BCUT2D eigenvalue weighted by Crippen LogP contribution is 2.35. The number of rotatable bonds is 7. The summed E-state index contributed by atoms with van der Waals surface area (Å²) in [5.74, 6) is 0.682.